The zero-order valence-corrected chi connectivity index (χ0v) is 16.8. The Morgan fingerprint density at radius 3 is 1.85 bits per heavy atom. The summed E-state index contributed by atoms with van der Waals surface area (Å²) >= 11 is 0. The second kappa shape index (κ2) is 7.15. The Morgan fingerprint density at radius 2 is 1.50 bits per heavy atom. The standard InChI is InChI=1S/C14H28O3Si3/c1-7-14(2,15)20(16-18(3)4,17-19(5)6)13-11-9-8-10-12-13/h8-12,15,18-19H,7H2,1-6H3. The number of hydrogen-bond acceptors (Lipinski definition) is 3. The van der Waals surface area contributed by atoms with Crippen LogP contribution in [-0.4, -0.2) is 37.0 Å². The topological polar surface area (TPSA) is 38.7 Å². The molecule has 1 N–H and O–H groups in total. The van der Waals surface area contributed by atoms with E-state index in [2.05, 4.69) is 26.2 Å². The van der Waals surface area contributed by atoms with Gasteiger partial charge >= 0.3 is 8.56 Å². The predicted octanol–water partition coefficient (Wildman–Crippen LogP) is 2.04. The molecule has 20 heavy (non-hydrogen) atoms. The fourth-order valence-corrected chi connectivity index (χ4v) is 13.2. The van der Waals surface area contributed by atoms with E-state index in [0.717, 1.165) is 5.19 Å². The van der Waals surface area contributed by atoms with Gasteiger partial charge in [0.25, 0.3) is 0 Å². The van der Waals surface area contributed by atoms with Gasteiger partial charge in [0.15, 0.2) is 18.1 Å². The monoisotopic (exact) mass is 328 g/mol. The minimum absolute atomic E-state index is 0.635. The molecule has 1 aromatic carbocycles. The van der Waals surface area contributed by atoms with E-state index in [1.54, 1.807) is 0 Å². The highest BCUT2D eigenvalue weighted by Crippen LogP contribution is 2.28. The zero-order chi connectivity index (χ0) is 15.4. The van der Waals surface area contributed by atoms with Crippen LogP contribution < -0.4 is 5.19 Å². The molecule has 1 atom stereocenters. The summed E-state index contributed by atoms with van der Waals surface area (Å²) in [6, 6.07) is 10.1. The predicted molar refractivity (Wildman–Crippen MR) is 92.7 cm³/mol. The van der Waals surface area contributed by atoms with Gasteiger partial charge in [-0.25, -0.2) is 0 Å². The van der Waals surface area contributed by atoms with Gasteiger partial charge in [-0.15, -0.1) is 0 Å². The molecule has 1 aromatic rings. The van der Waals surface area contributed by atoms with Crippen molar-refractivity contribution in [1.29, 1.82) is 0 Å². The number of rotatable bonds is 7. The lowest BCUT2D eigenvalue weighted by atomic mass is 10.3. The summed E-state index contributed by atoms with van der Waals surface area (Å²) in [6.07, 6.45) is 0.635. The van der Waals surface area contributed by atoms with Gasteiger partial charge in [-0.3, -0.25) is 0 Å². The molecular weight excluding hydrogens is 300 g/mol. The fourth-order valence-electron chi connectivity index (χ4n) is 2.28. The van der Waals surface area contributed by atoms with Crippen LogP contribution in [0.15, 0.2) is 30.3 Å². The Balaban J connectivity index is 3.41. The van der Waals surface area contributed by atoms with Crippen molar-refractivity contribution in [2.24, 2.45) is 0 Å². The maximum Gasteiger partial charge on any atom is 0.384 e. The summed E-state index contributed by atoms with van der Waals surface area (Å²) in [7, 11) is -5.52. The third-order valence-electron chi connectivity index (χ3n) is 3.35. The van der Waals surface area contributed by atoms with Gasteiger partial charge in [0.1, 0.15) is 5.22 Å². The second-order valence-corrected chi connectivity index (χ2v) is 14.9. The van der Waals surface area contributed by atoms with E-state index in [1.165, 1.54) is 0 Å². The molecule has 114 valence electrons. The zero-order valence-electron chi connectivity index (χ0n) is 13.5. The van der Waals surface area contributed by atoms with Crippen molar-refractivity contribution < 1.29 is 13.3 Å². The molecule has 0 heterocycles. The van der Waals surface area contributed by atoms with Gasteiger partial charge in [0, 0.05) is 0 Å². The highest BCUT2D eigenvalue weighted by Gasteiger charge is 2.55. The normalized spacial score (nSPS) is 15.7. The van der Waals surface area contributed by atoms with Crippen LogP contribution in [0, 0.1) is 0 Å². The second-order valence-electron chi connectivity index (χ2n) is 5.94. The molecule has 3 nitrogen and oxygen atoms in total. The quantitative estimate of drug-likeness (QED) is 0.779. The van der Waals surface area contributed by atoms with Gasteiger partial charge in [0.05, 0.1) is 0 Å². The van der Waals surface area contributed by atoms with Crippen LogP contribution in [0.4, 0.5) is 0 Å². The lowest BCUT2D eigenvalue weighted by Gasteiger charge is -2.44. The highest BCUT2D eigenvalue weighted by atomic mass is 28.5. The van der Waals surface area contributed by atoms with E-state index >= 15 is 0 Å². The SMILES string of the molecule is CCC(C)(O)[Si](O[SiH](C)C)(O[SiH](C)C)c1ccccc1. The fraction of sp³-hybridized carbons (Fsp3) is 0.571. The maximum atomic E-state index is 11.0. The smallest absolute Gasteiger partial charge is 0.384 e. The molecule has 0 aromatic heterocycles. The highest BCUT2D eigenvalue weighted by molar-refractivity contribution is 6.91. The van der Waals surface area contributed by atoms with E-state index in [-0.39, 0.29) is 0 Å². The van der Waals surface area contributed by atoms with Crippen molar-refractivity contribution in [2.75, 3.05) is 0 Å². The van der Waals surface area contributed by atoms with Crippen LogP contribution in [0.5, 0.6) is 0 Å². The first kappa shape index (κ1) is 17.8. The molecule has 0 aliphatic carbocycles. The maximum absolute atomic E-state index is 11.0. The number of aliphatic hydroxyl groups is 1. The average molecular weight is 329 g/mol. The van der Waals surface area contributed by atoms with Gasteiger partial charge in [-0.2, -0.15) is 0 Å². The first-order valence-corrected chi connectivity index (χ1v) is 14.8. The number of hydrogen-bond donors (Lipinski definition) is 1. The minimum Gasteiger partial charge on any atom is -0.435 e. The van der Waals surface area contributed by atoms with Crippen molar-refractivity contribution in [1.82, 2.24) is 0 Å². The molecule has 0 fully saturated rings. The lowest BCUT2D eigenvalue weighted by Crippen LogP contribution is -2.71. The molecular formula is C14H28O3Si3. The van der Waals surface area contributed by atoms with Gasteiger partial charge < -0.3 is 13.3 Å². The van der Waals surface area contributed by atoms with Crippen LogP contribution >= 0.6 is 0 Å². The van der Waals surface area contributed by atoms with Crippen LogP contribution in [0.1, 0.15) is 20.3 Å². The first-order valence-electron chi connectivity index (χ1n) is 7.38. The Hall–Kier alpha value is -0.249. The van der Waals surface area contributed by atoms with E-state index < -0.39 is 31.9 Å². The summed E-state index contributed by atoms with van der Waals surface area (Å²) in [5.74, 6) is 0. The summed E-state index contributed by atoms with van der Waals surface area (Å²) in [4.78, 5) is 0. The van der Waals surface area contributed by atoms with Gasteiger partial charge in [-0.05, 0) is 44.7 Å². The number of benzene rings is 1. The van der Waals surface area contributed by atoms with E-state index in [1.807, 2.05) is 44.2 Å². The molecule has 0 radical (unpaired) electrons. The summed E-state index contributed by atoms with van der Waals surface area (Å²) in [6.45, 7) is 12.4. The largest absolute Gasteiger partial charge is 0.435 e. The van der Waals surface area contributed by atoms with Crippen molar-refractivity contribution >= 4 is 31.8 Å². The Labute approximate surface area is 127 Å². The Kier molecular flexibility index (Phi) is 6.36. The van der Waals surface area contributed by atoms with Crippen molar-refractivity contribution in [3.05, 3.63) is 30.3 Å². The van der Waals surface area contributed by atoms with Gasteiger partial charge in [0.2, 0.25) is 0 Å². The molecule has 0 spiro atoms. The molecule has 1 unspecified atom stereocenters. The molecule has 0 saturated heterocycles. The molecule has 0 amide bonds. The molecule has 0 aliphatic rings. The summed E-state index contributed by atoms with van der Waals surface area (Å²) in [5.41, 5.74) is 0. The first-order chi connectivity index (χ1) is 9.25. The van der Waals surface area contributed by atoms with Crippen molar-refractivity contribution in [3.63, 3.8) is 0 Å². The Bertz CT molecular complexity index is 397. The molecule has 0 saturated carbocycles. The van der Waals surface area contributed by atoms with Crippen molar-refractivity contribution in [3.8, 4) is 0 Å². The molecule has 6 heteroatoms. The summed E-state index contributed by atoms with van der Waals surface area (Å²) in [5, 5.41) is 11.2. The van der Waals surface area contributed by atoms with E-state index in [9.17, 15) is 5.11 Å². The average Bonchev–Trinajstić information content (AvgIpc) is 2.37. The van der Waals surface area contributed by atoms with Gasteiger partial charge in [-0.1, -0.05) is 37.3 Å². The van der Waals surface area contributed by atoms with Crippen LogP contribution in [-0.2, 0) is 8.23 Å². The third-order valence-corrected chi connectivity index (χ3v) is 12.6. The van der Waals surface area contributed by atoms with E-state index in [4.69, 9.17) is 8.23 Å². The molecule has 1 rings (SSSR count). The van der Waals surface area contributed by atoms with Crippen molar-refractivity contribution in [2.45, 2.75) is 51.7 Å². The molecule has 0 bridgehead atoms. The third kappa shape index (κ3) is 3.90. The Morgan fingerprint density at radius 1 is 1.05 bits per heavy atom. The minimum atomic E-state index is -2.85. The molecule has 0 aliphatic heterocycles. The van der Waals surface area contributed by atoms with Crippen LogP contribution in [0.3, 0.4) is 0 Å². The van der Waals surface area contributed by atoms with E-state index in [0.29, 0.717) is 6.42 Å². The van der Waals surface area contributed by atoms with Crippen LogP contribution in [0.2, 0.25) is 26.2 Å². The lowest BCUT2D eigenvalue weighted by molar-refractivity contribution is 0.0939. The summed E-state index contributed by atoms with van der Waals surface area (Å²) < 4.78 is 12.9. The van der Waals surface area contributed by atoms with Crippen LogP contribution in [0.25, 0.3) is 0 Å².